The summed E-state index contributed by atoms with van der Waals surface area (Å²) in [5.74, 6) is 1.22. The van der Waals surface area contributed by atoms with Gasteiger partial charge in [-0.05, 0) is 31.4 Å². The second-order valence-corrected chi connectivity index (χ2v) is 12.2. The highest BCUT2D eigenvalue weighted by atomic mass is 32.2. The number of phenols is 2. The summed E-state index contributed by atoms with van der Waals surface area (Å²) in [7, 11) is 1.53. The van der Waals surface area contributed by atoms with Gasteiger partial charge in [-0.3, -0.25) is 9.69 Å². The Bertz CT molecular complexity index is 1490. The number of benzene rings is 2. The Labute approximate surface area is 235 Å². The second kappa shape index (κ2) is 9.07. The maximum atomic E-state index is 12.8. The molecule has 0 radical (unpaired) electrons. The van der Waals surface area contributed by atoms with Crippen molar-refractivity contribution in [3.8, 4) is 34.8 Å². The Hall–Kier alpha value is -3.37. The van der Waals surface area contributed by atoms with E-state index in [-0.39, 0.29) is 36.7 Å². The van der Waals surface area contributed by atoms with Crippen molar-refractivity contribution in [3.63, 3.8) is 0 Å². The van der Waals surface area contributed by atoms with Crippen molar-refractivity contribution < 1.29 is 34.0 Å². The minimum atomic E-state index is -0.857. The van der Waals surface area contributed by atoms with Crippen LogP contribution < -0.4 is 25.3 Å². The van der Waals surface area contributed by atoms with Crippen LogP contribution in [0.1, 0.15) is 50.7 Å². The SMILES string of the molecule is COc1c(C)cc2c(c1O)[C@@H]1N[C@H](C2)[C@H](C#N)N2C1[C@@H]1SC[C@H](N)C(=O)OC[C@H]2c2c3c(c(C)c(O)c21)OCO3. The van der Waals surface area contributed by atoms with Crippen molar-refractivity contribution in [2.24, 2.45) is 5.73 Å². The number of nitriles is 1. The van der Waals surface area contributed by atoms with Gasteiger partial charge in [-0.25, -0.2) is 0 Å². The molecule has 2 aromatic rings. The van der Waals surface area contributed by atoms with E-state index in [9.17, 15) is 20.3 Å². The van der Waals surface area contributed by atoms with E-state index in [1.54, 1.807) is 6.92 Å². The zero-order valence-corrected chi connectivity index (χ0v) is 23.1. The molecule has 5 N–H and O–H groups in total. The monoisotopic (exact) mass is 566 g/mol. The van der Waals surface area contributed by atoms with Crippen LogP contribution in [-0.4, -0.2) is 71.5 Å². The van der Waals surface area contributed by atoms with Gasteiger partial charge in [0, 0.05) is 40.1 Å². The van der Waals surface area contributed by atoms with E-state index >= 15 is 0 Å². The van der Waals surface area contributed by atoms with E-state index in [1.165, 1.54) is 18.9 Å². The molecule has 5 heterocycles. The zero-order valence-electron chi connectivity index (χ0n) is 22.3. The number of carbonyl (C=O) groups excluding carboxylic acids is 1. The Morgan fingerprint density at radius 3 is 2.70 bits per heavy atom. The average Bonchev–Trinajstić information content (AvgIpc) is 3.43. The fraction of sp³-hybridized carbons (Fsp3) is 0.500. The molecule has 0 aromatic heterocycles. The highest BCUT2D eigenvalue weighted by Gasteiger charge is 2.58. The fourth-order valence-electron chi connectivity index (χ4n) is 7.33. The van der Waals surface area contributed by atoms with E-state index in [2.05, 4.69) is 16.3 Å². The zero-order chi connectivity index (χ0) is 28.0. The average molecular weight is 567 g/mol. The molecule has 210 valence electrons. The summed E-state index contributed by atoms with van der Waals surface area (Å²) < 4.78 is 23.1. The van der Waals surface area contributed by atoms with Crippen LogP contribution in [0.2, 0.25) is 0 Å². The van der Waals surface area contributed by atoms with Crippen LogP contribution in [0.3, 0.4) is 0 Å². The van der Waals surface area contributed by atoms with Crippen LogP contribution >= 0.6 is 11.8 Å². The van der Waals surface area contributed by atoms with Gasteiger partial charge in [0.05, 0.1) is 30.5 Å². The molecule has 0 spiro atoms. The molecule has 2 saturated heterocycles. The van der Waals surface area contributed by atoms with Gasteiger partial charge < -0.3 is 40.2 Å². The van der Waals surface area contributed by atoms with Crippen molar-refractivity contribution in [1.82, 2.24) is 10.2 Å². The lowest BCUT2D eigenvalue weighted by Gasteiger charge is -2.58. The first-order chi connectivity index (χ1) is 19.3. The van der Waals surface area contributed by atoms with E-state index in [0.717, 1.165) is 11.1 Å². The molecular formula is C28H30N4O7S. The predicted molar refractivity (Wildman–Crippen MR) is 144 cm³/mol. The molecule has 5 aliphatic heterocycles. The molecule has 0 aliphatic carbocycles. The van der Waals surface area contributed by atoms with Crippen molar-refractivity contribution in [3.05, 3.63) is 39.4 Å². The first kappa shape index (κ1) is 25.6. The van der Waals surface area contributed by atoms with Crippen LogP contribution in [-0.2, 0) is 16.0 Å². The molecule has 7 atom stereocenters. The summed E-state index contributed by atoms with van der Waals surface area (Å²) >= 11 is 1.43. The number of aromatic hydroxyl groups is 2. The number of piperazine rings is 1. The van der Waals surface area contributed by atoms with Gasteiger partial charge in [0.25, 0.3) is 0 Å². The first-order valence-corrected chi connectivity index (χ1v) is 14.3. The number of ether oxygens (including phenoxy) is 4. The van der Waals surface area contributed by atoms with Crippen molar-refractivity contribution >= 4 is 17.7 Å². The molecule has 0 saturated carbocycles. The van der Waals surface area contributed by atoms with Crippen LogP contribution in [0.15, 0.2) is 6.07 Å². The van der Waals surface area contributed by atoms with Crippen LogP contribution in [0.25, 0.3) is 0 Å². The van der Waals surface area contributed by atoms with Crippen LogP contribution in [0, 0.1) is 25.2 Å². The number of hydrogen-bond donors (Lipinski definition) is 4. The van der Waals surface area contributed by atoms with Gasteiger partial charge in [0.2, 0.25) is 6.79 Å². The summed E-state index contributed by atoms with van der Waals surface area (Å²) in [6, 6.07) is 1.36. The van der Waals surface area contributed by atoms with Crippen molar-refractivity contribution in [1.29, 1.82) is 5.26 Å². The summed E-state index contributed by atoms with van der Waals surface area (Å²) in [6.45, 7) is 3.59. The number of cyclic esters (lactones) is 1. The number of nitrogens with two attached hydrogens (primary N) is 1. The van der Waals surface area contributed by atoms with Crippen LogP contribution in [0.4, 0.5) is 0 Å². The molecule has 2 fully saturated rings. The number of rotatable bonds is 1. The Morgan fingerprint density at radius 1 is 1.18 bits per heavy atom. The summed E-state index contributed by atoms with van der Waals surface area (Å²) in [5, 5.41) is 37.0. The molecular weight excluding hydrogens is 536 g/mol. The number of hydrogen-bond acceptors (Lipinski definition) is 12. The lowest BCUT2D eigenvalue weighted by Crippen LogP contribution is -2.69. The minimum absolute atomic E-state index is 0.000432. The molecule has 1 unspecified atom stereocenters. The van der Waals surface area contributed by atoms with Crippen molar-refractivity contribution in [2.75, 3.05) is 26.3 Å². The van der Waals surface area contributed by atoms with Gasteiger partial charge in [-0.15, -0.1) is 11.8 Å². The smallest absolute Gasteiger partial charge is 0.323 e. The number of esters is 1. The second-order valence-electron chi connectivity index (χ2n) is 11.0. The molecule has 4 bridgehead atoms. The number of thioether (sulfide) groups is 1. The largest absolute Gasteiger partial charge is 0.507 e. The number of carbonyl (C=O) groups is 1. The number of nitrogens with zero attached hydrogens (tertiary/aromatic N) is 2. The topological polar surface area (TPSA) is 160 Å². The molecule has 0 amide bonds. The normalized spacial score (nSPS) is 31.9. The Morgan fingerprint density at radius 2 is 1.95 bits per heavy atom. The molecule has 5 aliphatic rings. The summed E-state index contributed by atoms with van der Waals surface area (Å²) in [6.07, 6.45) is 0.518. The lowest BCUT2D eigenvalue weighted by atomic mass is 9.72. The number of fused-ring (bicyclic) bond motifs is 9. The fourth-order valence-corrected chi connectivity index (χ4v) is 8.78. The summed E-state index contributed by atoms with van der Waals surface area (Å²) in [4.78, 5) is 14.9. The number of aryl methyl sites for hydroxylation is 1. The molecule has 12 heteroatoms. The number of nitrogens with one attached hydrogen (secondary N) is 1. The Balaban J connectivity index is 1.52. The van der Waals surface area contributed by atoms with Crippen molar-refractivity contribution in [2.45, 2.75) is 61.8 Å². The highest BCUT2D eigenvalue weighted by molar-refractivity contribution is 7.99. The van der Waals surface area contributed by atoms with Gasteiger partial charge in [0.1, 0.15) is 24.4 Å². The number of phenolic OH excluding ortho intramolecular Hbond substituents is 2. The highest BCUT2D eigenvalue weighted by Crippen LogP contribution is 2.62. The maximum Gasteiger partial charge on any atom is 0.323 e. The quantitative estimate of drug-likeness (QED) is 0.373. The van der Waals surface area contributed by atoms with Gasteiger partial charge >= 0.3 is 5.97 Å². The standard InChI is InChI=1S/C28H30N4O7S/c1-10-4-12-5-14-15(6-29)32-16-7-37-28(35)13(30)8-40-27(21(32)20(31-14)17(12)23(34)24(10)36-3)19-18(16)26-25(38-9-39-26)11(2)22(19)33/h4,13-16,20-21,27,31,33-34H,5,7-9,30H2,1-3H3/t13-,14+,15-,16-,20-,21?,27+/m0/s1. The van der Waals surface area contributed by atoms with E-state index < -0.39 is 41.4 Å². The third kappa shape index (κ3) is 3.32. The maximum absolute atomic E-state index is 12.8. The third-order valence-electron chi connectivity index (χ3n) is 8.96. The predicted octanol–water partition coefficient (Wildman–Crippen LogP) is 2.00. The molecule has 40 heavy (non-hydrogen) atoms. The minimum Gasteiger partial charge on any atom is -0.507 e. The van der Waals surface area contributed by atoms with E-state index in [1.807, 2.05) is 13.0 Å². The molecule has 7 rings (SSSR count). The van der Waals surface area contributed by atoms with E-state index in [4.69, 9.17) is 24.7 Å². The molecule has 2 aromatic carbocycles. The number of methoxy groups -OCH3 is 1. The summed E-state index contributed by atoms with van der Waals surface area (Å²) in [5.41, 5.74) is 10.6. The van der Waals surface area contributed by atoms with Gasteiger partial charge in [0.15, 0.2) is 23.0 Å². The van der Waals surface area contributed by atoms with E-state index in [0.29, 0.717) is 45.9 Å². The lowest BCUT2D eigenvalue weighted by molar-refractivity contribution is -0.148. The Kier molecular flexibility index (Phi) is 5.80. The van der Waals surface area contributed by atoms with Gasteiger partial charge in [-0.1, -0.05) is 6.07 Å². The van der Waals surface area contributed by atoms with Gasteiger partial charge in [-0.2, -0.15) is 5.26 Å². The van der Waals surface area contributed by atoms with Crippen LogP contribution in [0.5, 0.6) is 28.7 Å². The first-order valence-electron chi connectivity index (χ1n) is 13.3. The molecule has 11 nitrogen and oxygen atoms in total. The third-order valence-corrected chi connectivity index (χ3v) is 10.4.